The van der Waals surface area contributed by atoms with Crippen LogP contribution in [-0.2, 0) is 13.0 Å². The number of aromatic nitrogens is 3. The van der Waals surface area contributed by atoms with Gasteiger partial charge in [0.25, 0.3) is 0 Å². The van der Waals surface area contributed by atoms with Gasteiger partial charge in [-0.25, -0.2) is 4.68 Å². The molecule has 0 saturated carbocycles. The lowest BCUT2D eigenvalue weighted by Gasteiger charge is -2.07. The molecule has 0 radical (unpaired) electrons. The Labute approximate surface area is 111 Å². The first-order valence-corrected chi connectivity index (χ1v) is 6.25. The first kappa shape index (κ1) is 12.8. The second-order valence-corrected chi connectivity index (χ2v) is 4.45. The van der Waals surface area contributed by atoms with E-state index in [4.69, 9.17) is 11.6 Å². The molecule has 0 atom stereocenters. The molecule has 5 heteroatoms. The summed E-state index contributed by atoms with van der Waals surface area (Å²) < 4.78 is 1.74. The number of hydrogen-bond acceptors (Lipinski definition) is 3. The van der Waals surface area contributed by atoms with E-state index in [-0.39, 0.29) is 0 Å². The molecule has 0 aliphatic carbocycles. The molecular formula is C13H14ClN3O. The quantitative estimate of drug-likeness (QED) is 0.780. The maximum absolute atomic E-state index is 10.9. The van der Waals surface area contributed by atoms with Gasteiger partial charge in [0.05, 0.1) is 12.2 Å². The zero-order valence-electron chi connectivity index (χ0n) is 10.1. The predicted molar refractivity (Wildman–Crippen MR) is 70.0 cm³/mol. The standard InChI is InChI=1S/C13H14ClN3O/c1-2-5-13-12(9-18)15-16-17(13)8-10-6-3-4-7-11(10)14/h3-4,6-7,9H,2,5,8H2,1H3. The van der Waals surface area contributed by atoms with Crippen LogP contribution in [0.25, 0.3) is 0 Å². The zero-order valence-corrected chi connectivity index (χ0v) is 10.9. The Balaban J connectivity index is 2.31. The molecule has 2 rings (SSSR count). The Kier molecular flexibility index (Phi) is 4.10. The molecule has 0 spiro atoms. The van der Waals surface area contributed by atoms with E-state index in [1.807, 2.05) is 24.3 Å². The van der Waals surface area contributed by atoms with Crippen molar-refractivity contribution < 1.29 is 4.79 Å². The topological polar surface area (TPSA) is 47.8 Å². The van der Waals surface area contributed by atoms with Crippen LogP contribution in [-0.4, -0.2) is 21.3 Å². The van der Waals surface area contributed by atoms with Gasteiger partial charge in [-0.2, -0.15) is 0 Å². The van der Waals surface area contributed by atoms with Gasteiger partial charge in [0.15, 0.2) is 6.29 Å². The normalized spacial score (nSPS) is 10.6. The number of rotatable bonds is 5. The average molecular weight is 264 g/mol. The molecule has 0 bridgehead atoms. The molecule has 1 aromatic heterocycles. The Morgan fingerprint density at radius 3 is 2.83 bits per heavy atom. The molecule has 0 aliphatic rings. The minimum absolute atomic E-state index is 0.420. The smallest absolute Gasteiger partial charge is 0.172 e. The minimum Gasteiger partial charge on any atom is -0.296 e. The number of carbonyl (C=O) groups excluding carboxylic acids is 1. The molecule has 94 valence electrons. The van der Waals surface area contributed by atoms with Crippen molar-refractivity contribution in [2.45, 2.75) is 26.3 Å². The van der Waals surface area contributed by atoms with E-state index in [1.165, 1.54) is 0 Å². The lowest BCUT2D eigenvalue weighted by molar-refractivity contribution is 0.111. The van der Waals surface area contributed by atoms with E-state index in [0.29, 0.717) is 17.3 Å². The molecular weight excluding hydrogens is 250 g/mol. The highest BCUT2D eigenvalue weighted by Crippen LogP contribution is 2.17. The first-order valence-electron chi connectivity index (χ1n) is 5.87. The van der Waals surface area contributed by atoms with Crippen LogP contribution in [0.1, 0.15) is 35.1 Å². The summed E-state index contributed by atoms with van der Waals surface area (Å²) in [5, 5.41) is 8.60. The SMILES string of the molecule is CCCc1c(C=O)nnn1Cc1ccccc1Cl. The number of hydrogen-bond donors (Lipinski definition) is 0. The van der Waals surface area contributed by atoms with Crippen molar-refractivity contribution in [3.05, 3.63) is 46.2 Å². The fourth-order valence-electron chi connectivity index (χ4n) is 1.85. The predicted octanol–water partition coefficient (Wildman–Crippen LogP) is 2.74. The van der Waals surface area contributed by atoms with Crippen LogP contribution in [0, 0.1) is 0 Å². The third kappa shape index (κ3) is 2.59. The van der Waals surface area contributed by atoms with Gasteiger partial charge in [0.1, 0.15) is 5.69 Å². The highest BCUT2D eigenvalue weighted by atomic mass is 35.5. The van der Waals surface area contributed by atoms with Gasteiger partial charge in [0, 0.05) is 5.02 Å². The highest BCUT2D eigenvalue weighted by molar-refractivity contribution is 6.31. The Hall–Kier alpha value is -1.68. The summed E-state index contributed by atoms with van der Waals surface area (Å²) in [5.74, 6) is 0. The van der Waals surface area contributed by atoms with Crippen molar-refractivity contribution in [1.82, 2.24) is 15.0 Å². The molecule has 2 aromatic rings. The van der Waals surface area contributed by atoms with E-state index in [2.05, 4.69) is 17.2 Å². The van der Waals surface area contributed by atoms with Crippen molar-refractivity contribution >= 4 is 17.9 Å². The third-order valence-electron chi connectivity index (χ3n) is 2.74. The van der Waals surface area contributed by atoms with Gasteiger partial charge in [-0.15, -0.1) is 5.10 Å². The van der Waals surface area contributed by atoms with Crippen LogP contribution in [0.2, 0.25) is 5.02 Å². The van der Waals surface area contributed by atoms with E-state index in [9.17, 15) is 4.79 Å². The second-order valence-electron chi connectivity index (χ2n) is 4.04. The van der Waals surface area contributed by atoms with Crippen molar-refractivity contribution in [1.29, 1.82) is 0 Å². The number of carbonyl (C=O) groups is 1. The van der Waals surface area contributed by atoms with Gasteiger partial charge >= 0.3 is 0 Å². The summed E-state index contributed by atoms with van der Waals surface area (Å²) in [6.07, 6.45) is 2.48. The summed E-state index contributed by atoms with van der Waals surface area (Å²) in [7, 11) is 0. The van der Waals surface area contributed by atoms with Crippen LogP contribution < -0.4 is 0 Å². The molecule has 0 aliphatic heterocycles. The number of benzene rings is 1. The Morgan fingerprint density at radius 2 is 2.17 bits per heavy atom. The average Bonchev–Trinajstić information content (AvgIpc) is 2.75. The lowest BCUT2D eigenvalue weighted by Crippen LogP contribution is -2.07. The van der Waals surface area contributed by atoms with Gasteiger partial charge < -0.3 is 0 Å². The van der Waals surface area contributed by atoms with Crippen molar-refractivity contribution in [2.24, 2.45) is 0 Å². The Bertz CT molecular complexity index is 551. The minimum atomic E-state index is 0.420. The summed E-state index contributed by atoms with van der Waals surface area (Å²) in [5.41, 5.74) is 2.26. The van der Waals surface area contributed by atoms with Crippen LogP contribution in [0.4, 0.5) is 0 Å². The van der Waals surface area contributed by atoms with Crippen molar-refractivity contribution in [3.8, 4) is 0 Å². The largest absolute Gasteiger partial charge is 0.296 e. The Morgan fingerprint density at radius 1 is 1.39 bits per heavy atom. The molecule has 0 fully saturated rings. The van der Waals surface area contributed by atoms with Crippen LogP contribution >= 0.6 is 11.6 Å². The molecule has 18 heavy (non-hydrogen) atoms. The number of halogens is 1. The highest BCUT2D eigenvalue weighted by Gasteiger charge is 2.12. The molecule has 1 heterocycles. The molecule has 0 saturated heterocycles. The third-order valence-corrected chi connectivity index (χ3v) is 3.11. The maximum atomic E-state index is 10.9. The lowest BCUT2D eigenvalue weighted by atomic mass is 10.2. The first-order chi connectivity index (χ1) is 8.76. The molecule has 1 aromatic carbocycles. The second kappa shape index (κ2) is 5.78. The fourth-order valence-corrected chi connectivity index (χ4v) is 2.04. The summed E-state index contributed by atoms with van der Waals surface area (Å²) >= 11 is 6.11. The molecule has 0 N–H and O–H groups in total. The van der Waals surface area contributed by atoms with Crippen LogP contribution in [0.3, 0.4) is 0 Å². The van der Waals surface area contributed by atoms with Gasteiger partial charge in [-0.05, 0) is 18.1 Å². The van der Waals surface area contributed by atoms with E-state index in [0.717, 1.165) is 30.4 Å². The zero-order chi connectivity index (χ0) is 13.0. The molecule has 0 amide bonds. The van der Waals surface area contributed by atoms with Crippen molar-refractivity contribution in [3.63, 3.8) is 0 Å². The summed E-state index contributed by atoms with van der Waals surface area (Å²) in [4.78, 5) is 10.9. The maximum Gasteiger partial charge on any atom is 0.172 e. The molecule has 0 unspecified atom stereocenters. The summed E-state index contributed by atoms with van der Waals surface area (Å²) in [6, 6.07) is 7.60. The van der Waals surface area contributed by atoms with Crippen LogP contribution in [0.15, 0.2) is 24.3 Å². The monoisotopic (exact) mass is 263 g/mol. The van der Waals surface area contributed by atoms with Crippen molar-refractivity contribution in [2.75, 3.05) is 0 Å². The fraction of sp³-hybridized carbons (Fsp3) is 0.308. The van der Waals surface area contributed by atoms with Gasteiger partial charge in [0.2, 0.25) is 0 Å². The van der Waals surface area contributed by atoms with E-state index in [1.54, 1.807) is 4.68 Å². The van der Waals surface area contributed by atoms with E-state index < -0.39 is 0 Å². The van der Waals surface area contributed by atoms with Gasteiger partial charge in [-0.1, -0.05) is 48.4 Å². The summed E-state index contributed by atoms with van der Waals surface area (Å²) in [6.45, 7) is 2.59. The molecule has 4 nitrogen and oxygen atoms in total. The number of aldehydes is 1. The van der Waals surface area contributed by atoms with Gasteiger partial charge in [-0.3, -0.25) is 4.79 Å². The van der Waals surface area contributed by atoms with E-state index >= 15 is 0 Å². The number of nitrogens with zero attached hydrogens (tertiary/aromatic N) is 3. The van der Waals surface area contributed by atoms with Crippen LogP contribution in [0.5, 0.6) is 0 Å².